The van der Waals surface area contributed by atoms with Gasteiger partial charge in [-0.2, -0.15) is 9.40 Å². The molecule has 1 N–H and O–H groups in total. The molecule has 2 aliphatic rings. The quantitative estimate of drug-likeness (QED) is 0.831. The lowest BCUT2D eigenvalue weighted by atomic mass is 9.76. The van der Waals surface area contributed by atoms with Crippen LogP contribution < -0.4 is 0 Å². The van der Waals surface area contributed by atoms with Gasteiger partial charge in [-0.05, 0) is 30.4 Å². The molecule has 146 valence electrons. The minimum Gasteiger partial charge on any atom is -0.263 e. The zero-order valence-electron chi connectivity index (χ0n) is 15.7. The van der Waals surface area contributed by atoms with E-state index in [1.54, 1.807) is 28.6 Å². The fraction of sp³-hybridized carbons (Fsp3) is 0.579. The lowest BCUT2D eigenvalue weighted by molar-refractivity contribution is 0.277. The number of nitrogens with zero attached hydrogens (tertiary/aromatic N) is 3. The van der Waals surface area contributed by atoms with Gasteiger partial charge in [0.05, 0.1) is 5.02 Å². The topological polar surface area (TPSA) is 79.0 Å². The first-order valence-electron chi connectivity index (χ1n) is 9.50. The first-order valence-corrected chi connectivity index (χ1v) is 11.3. The van der Waals surface area contributed by atoms with Crippen molar-refractivity contribution in [2.24, 2.45) is 5.41 Å². The Labute approximate surface area is 165 Å². The molecular weight excluding hydrogens is 384 g/mol. The van der Waals surface area contributed by atoms with E-state index in [-0.39, 0.29) is 27.2 Å². The molecule has 0 radical (unpaired) electrons. The van der Waals surface area contributed by atoms with Gasteiger partial charge in [-0.15, -0.1) is 0 Å². The molecule has 2 heterocycles. The second kappa shape index (κ2) is 6.87. The van der Waals surface area contributed by atoms with E-state index in [9.17, 15) is 8.42 Å². The van der Waals surface area contributed by atoms with E-state index in [1.807, 2.05) is 0 Å². The fourth-order valence-corrected chi connectivity index (χ4v) is 6.61. The highest BCUT2D eigenvalue weighted by atomic mass is 35.5. The number of sulfonamides is 1. The third kappa shape index (κ3) is 3.19. The summed E-state index contributed by atoms with van der Waals surface area (Å²) in [5.41, 5.74) is -0.0674. The molecule has 1 unspecified atom stereocenters. The van der Waals surface area contributed by atoms with Crippen molar-refractivity contribution >= 4 is 21.6 Å². The lowest BCUT2D eigenvalue weighted by Crippen LogP contribution is -2.31. The zero-order chi connectivity index (χ0) is 19.2. The maximum absolute atomic E-state index is 13.3. The highest BCUT2D eigenvalue weighted by Gasteiger charge is 2.53. The zero-order valence-corrected chi connectivity index (χ0v) is 17.2. The van der Waals surface area contributed by atoms with E-state index in [1.165, 1.54) is 0 Å². The summed E-state index contributed by atoms with van der Waals surface area (Å²) in [5.74, 6) is 1.87. The van der Waals surface area contributed by atoms with Gasteiger partial charge in [0, 0.05) is 24.9 Å². The fourth-order valence-electron chi connectivity index (χ4n) is 4.56. The Morgan fingerprint density at radius 3 is 2.59 bits per heavy atom. The third-order valence-electron chi connectivity index (χ3n) is 6.04. The maximum Gasteiger partial charge on any atom is 0.244 e. The number of hydrogen-bond donors (Lipinski definition) is 1. The minimum absolute atomic E-state index is 0.0391. The maximum atomic E-state index is 13.3. The molecule has 1 aliphatic heterocycles. The van der Waals surface area contributed by atoms with Gasteiger partial charge in [-0.1, -0.05) is 50.4 Å². The predicted octanol–water partition coefficient (Wildman–Crippen LogP) is 3.93. The number of rotatable bonds is 4. The Morgan fingerprint density at radius 2 is 1.96 bits per heavy atom. The molecule has 1 saturated heterocycles. The molecule has 1 aromatic heterocycles. The van der Waals surface area contributed by atoms with Crippen LogP contribution in [0.25, 0.3) is 0 Å². The molecule has 0 amide bonds. The van der Waals surface area contributed by atoms with Gasteiger partial charge in [0.25, 0.3) is 0 Å². The summed E-state index contributed by atoms with van der Waals surface area (Å²) in [7, 11) is -3.64. The molecule has 4 rings (SSSR count). The van der Waals surface area contributed by atoms with Crippen LogP contribution >= 0.6 is 11.6 Å². The van der Waals surface area contributed by atoms with Crippen molar-refractivity contribution in [1.29, 1.82) is 0 Å². The van der Waals surface area contributed by atoms with E-state index < -0.39 is 10.0 Å². The summed E-state index contributed by atoms with van der Waals surface area (Å²) in [6.07, 6.45) is 4.29. The molecule has 1 aromatic carbocycles. The number of H-pyrrole nitrogens is 1. The molecule has 1 saturated carbocycles. The molecule has 0 bridgehead atoms. The van der Waals surface area contributed by atoms with Crippen molar-refractivity contribution in [1.82, 2.24) is 19.5 Å². The minimum atomic E-state index is -3.64. The highest BCUT2D eigenvalue weighted by Crippen LogP contribution is 2.53. The molecule has 1 spiro atoms. The Hall–Kier alpha value is -1.44. The van der Waals surface area contributed by atoms with Gasteiger partial charge in [0.1, 0.15) is 10.7 Å². The summed E-state index contributed by atoms with van der Waals surface area (Å²) < 4.78 is 28.2. The summed E-state index contributed by atoms with van der Waals surface area (Å²) in [6, 6.07) is 6.66. The van der Waals surface area contributed by atoms with E-state index in [2.05, 4.69) is 24.0 Å². The van der Waals surface area contributed by atoms with Crippen molar-refractivity contribution in [2.45, 2.75) is 56.3 Å². The number of nitrogens with one attached hydrogen (secondary N) is 1. The summed E-state index contributed by atoms with van der Waals surface area (Å²) in [5, 5.41) is 7.71. The van der Waals surface area contributed by atoms with Crippen LogP contribution in [0.15, 0.2) is 29.2 Å². The normalized spacial score (nSPS) is 22.9. The molecule has 2 aromatic rings. The Morgan fingerprint density at radius 1 is 1.26 bits per heavy atom. The molecule has 8 heteroatoms. The summed E-state index contributed by atoms with van der Waals surface area (Å²) in [6.45, 7) is 5.05. The van der Waals surface area contributed by atoms with Crippen LogP contribution in [0, 0.1) is 5.41 Å². The average molecular weight is 409 g/mol. The highest BCUT2D eigenvalue weighted by molar-refractivity contribution is 7.89. The molecule has 2 fully saturated rings. The third-order valence-corrected chi connectivity index (χ3v) is 8.35. The number of hydrogen-bond acceptors (Lipinski definition) is 4. The van der Waals surface area contributed by atoms with Crippen molar-refractivity contribution in [3.05, 3.63) is 40.9 Å². The van der Waals surface area contributed by atoms with Crippen molar-refractivity contribution in [3.8, 4) is 0 Å². The van der Waals surface area contributed by atoms with Crippen LogP contribution in [0.3, 0.4) is 0 Å². The first kappa shape index (κ1) is 18.9. The van der Waals surface area contributed by atoms with Crippen molar-refractivity contribution in [2.75, 3.05) is 13.1 Å². The van der Waals surface area contributed by atoms with Crippen LogP contribution in [0.1, 0.15) is 63.0 Å². The van der Waals surface area contributed by atoms with E-state index in [0.29, 0.717) is 13.1 Å². The molecule has 1 atom stereocenters. The summed E-state index contributed by atoms with van der Waals surface area (Å²) in [4.78, 5) is 4.88. The standard InChI is InChI=1S/C19H25ClN4O2S/c1-13(2)17-21-18(23-22-17)14-11-24(12-19(14)9-5-6-10-19)27(25,26)16-8-4-3-7-15(16)20/h3-4,7-8,13-14H,5-6,9-12H2,1-2H3,(H,21,22,23). The van der Waals surface area contributed by atoms with Gasteiger partial charge in [0.2, 0.25) is 10.0 Å². The SMILES string of the molecule is CC(C)c1n[nH]c(C2CN(S(=O)(=O)c3ccccc3Cl)CC23CCCC3)n1. The first-order chi connectivity index (χ1) is 12.8. The van der Waals surface area contributed by atoms with E-state index in [0.717, 1.165) is 37.3 Å². The van der Waals surface area contributed by atoms with Gasteiger partial charge in [-0.25, -0.2) is 13.4 Å². The largest absolute Gasteiger partial charge is 0.263 e. The molecule has 27 heavy (non-hydrogen) atoms. The number of halogens is 1. The smallest absolute Gasteiger partial charge is 0.244 e. The lowest BCUT2D eigenvalue weighted by Gasteiger charge is -2.28. The van der Waals surface area contributed by atoms with Crippen LogP contribution in [0.2, 0.25) is 5.02 Å². The van der Waals surface area contributed by atoms with Crippen molar-refractivity contribution < 1.29 is 8.42 Å². The van der Waals surface area contributed by atoms with Gasteiger partial charge >= 0.3 is 0 Å². The Bertz CT molecular complexity index is 935. The van der Waals surface area contributed by atoms with Gasteiger partial charge in [0.15, 0.2) is 5.82 Å². The number of benzene rings is 1. The van der Waals surface area contributed by atoms with Crippen LogP contribution in [0.4, 0.5) is 0 Å². The van der Waals surface area contributed by atoms with Crippen LogP contribution in [-0.2, 0) is 10.0 Å². The summed E-state index contributed by atoms with van der Waals surface area (Å²) >= 11 is 6.20. The van der Waals surface area contributed by atoms with Gasteiger partial charge in [-0.3, -0.25) is 5.10 Å². The molecule has 1 aliphatic carbocycles. The second-order valence-electron chi connectivity index (χ2n) is 8.08. The van der Waals surface area contributed by atoms with E-state index in [4.69, 9.17) is 16.6 Å². The molecular formula is C19H25ClN4O2S. The number of aromatic nitrogens is 3. The van der Waals surface area contributed by atoms with Crippen LogP contribution in [0.5, 0.6) is 0 Å². The monoisotopic (exact) mass is 408 g/mol. The predicted molar refractivity (Wildman–Crippen MR) is 104 cm³/mol. The van der Waals surface area contributed by atoms with E-state index >= 15 is 0 Å². The van der Waals surface area contributed by atoms with Crippen molar-refractivity contribution in [3.63, 3.8) is 0 Å². The second-order valence-corrected chi connectivity index (χ2v) is 10.4. The Kier molecular flexibility index (Phi) is 4.81. The van der Waals surface area contributed by atoms with Gasteiger partial charge < -0.3 is 0 Å². The molecule has 6 nitrogen and oxygen atoms in total. The van der Waals surface area contributed by atoms with Crippen LogP contribution in [-0.4, -0.2) is 41.0 Å². The Balaban J connectivity index is 1.70. The average Bonchev–Trinajstić information content (AvgIpc) is 3.36. The number of aromatic amines is 1.